The molecule has 0 radical (unpaired) electrons. The highest BCUT2D eigenvalue weighted by molar-refractivity contribution is 5.90. The Kier molecular flexibility index (Phi) is 4.49. The lowest BCUT2D eigenvalue weighted by atomic mass is 10.1. The van der Waals surface area contributed by atoms with Gasteiger partial charge in [-0.25, -0.2) is 4.79 Å². The molecule has 0 bridgehead atoms. The van der Waals surface area contributed by atoms with Crippen molar-refractivity contribution in [2.75, 3.05) is 44.0 Å². The second kappa shape index (κ2) is 6.13. The molecule has 20 heavy (non-hydrogen) atoms. The predicted octanol–water partition coefficient (Wildman–Crippen LogP) is 1.91. The maximum Gasteiger partial charge on any atom is 0.321 e. The first-order valence-electron chi connectivity index (χ1n) is 6.96. The molecule has 2 amide bonds. The molecule has 1 aliphatic rings. The summed E-state index contributed by atoms with van der Waals surface area (Å²) >= 11 is 0. The Labute approximate surface area is 120 Å². The van der Waals surface area contributed by atoms with Gasteiger partial charge in [0.2, 0.25) is 0 Å². The van der Waals surface area contributed by atoms with E-state index in [4.69, 9.17) is 5.11 Å². The van der Waals surface area contributed by atoms with Crippen LogP contribution < -0.4 is 10.2 Å². The standard InChI is InChI=1S/C15H23N3O2/c1-11-8-13(17(2)3)4-5-14(11)16-15(20)18-7-6-12(9-18)10-19/h4-5,8,12,19H,6-7,9-10H2,1-3H3,(H,16,20). The maximum atomic E-state index is 12.2. The number of nitrogens with one attached hydrogen (secondary N) is 1. The molecule has 0 aromatic heterocycles. The number of carbonyl (C=O) groups excluding carboxylic acids is 1. The summed E-state index contributed by atoms with van der Waals surface area (Å²) in [6.45, 7) is 3.49. The zero-order valence-corrected chi connectivity index (χ0v) is 12.4. The van der Waals surface area contributed by atoms with Crippen molar-refractivity contribution < 1.29 is 9.90 Å². The molecule has 1 atom stereocenters. The molecule has 1 heterocycles. The van der Waals surface area contributed by atoms with Crippen LogP contribution in [0.2, 0.25) is 0 Å². The van der Waals surface area contributed by atoms with E-state index in [9.17, 15) is 4.79 Å². The van der Waals surface area contributed by atoms with Gasteiger partial charge in [0.25, 0.3) is 0 Å². The number of aliphatic hydroxyl groups excluding tert-OH is 1. The fourth-order valence-electron chi connectivity index (χ4n) is 2.43. The summed E-state index contributed by atoms with van der Waals surface area (Å²) in [7, 11) is 3.98. The molecule has 5 nitrogen and oxygen atoms in total. The number of likely N-dealkylation sites (tertiary alicyclic amines) is 1. The van der Waals surface area contributed by atoms with E-state index in [1.165, 1.54) is 0 Å². The van der Waals surface area contributed by atoms with Gasteiger partial charge in [0.05, 0.1) is 0 Å². The number of anilines is 2. The molecule has 2 rings (SSSR count). The Morgan fingerprint density at radius 2 is 2.25 bits per heavy atom. The molecule has 5 heteroatoms. The fourth-order valence-corrected chi connectivity index (χ4v) is 2.43. The topological polar surface area (TPSA) is 55.8 Å². The molecule has 1 aliphatic heterocycles. The van der Waals surface area contributed by atoms with Crippen LogP contribution in [0.25, 0.3) is 0 Å². The second-order valence-corrected chi connectivity index (χ2v) is 5.61. The number of rotatable bonds is 3. The average Bonchev–Trinajstić information content (AvgIpc) is 2.89. The number of carbonyl (C=O) groups is 1. The lowest BCUT2D eigenvalue weighted by molar-refractivity contribution is 0.208. The first-order valence-corrected chi connectivity index (χ1v) is 6.96. The van der Waals surface area contributed by atoms with Crippen molar-refractivity contribution in [2.45, 2.75) is 13.3 Å². The fraction of sp³-hybridized carbons (Fsp3) is 0.533. The third-order valence-electron chi connectivity index (χ3n) is 3.80. The highest BCUT2D eigenvalue weighted by Crippen LogP contribution is 2.23. The van der Waals surface area contributed by atoms with E-state index in [2.05, 4.69) is 11.4 Å². The Balaban J connectivity index is 2.01. The van der Waals surface area contributed by atoms with Gasteiger partial charge in [0.15, 0.2) is 0 Å². The van der Waals surface area contributed by atoms with Crippen molar-refractivity contribution in [1.29, 1.82) is 0 Å². The second-order valence-electron chi connectivity index (χ2n) is 5.61. The largest absolute Gasteiger partial charge is 0.396 e. The summed E-state index contributed by atoms with van der Waals surface area (Å²) in [6.07, 6.45) is 0.877. The van der Waals surface area contributed by atoms with E-state index < -0.39 is 0 Å². The number of amides is 2. The van der Waals surface area contributed by atoms with Crippen molar-refractivity contribution in [3.05, 3.63) is 23.8 Å². The van der Waals surface area contributed by atoms with Gasteiger partial charge < -0.3 is 20.2 Å². The summed E-state index contributed by atoms with van der Waals surface area (Å²) in [6, 6.07) is 5.89. The van der Waals surface area contributed by atoms with Crippen LogP contribution in [-0.2, 0) is 0 Å². The first kappa shape index (κ1) is 14.7. The summed E-state index contributed by atoms with van der Waals surface area (Å²) in [5.74, 6) is 0.220. The van der Waals surface area contributed by atoms with E-state index in [-0.39, 0.29) is 18.6 Å². The first-order chi connectivity index (χ1) is 9.51. The highest BCUT2D eigenvalue weighted by Gasteiger charge is 2.25. The van der Waals surface area contributed by atoms with Gasteiger partial charge in [-0.3, -0.25) is 0 Å². The molecule has 0 aliphatic carbocycles. The number of nitrogens with zero attached hydrogens (tertiary/aromatic N) is 2. The van der Waals surface area contributed by atoms with Crippen LogP contribution in [0.4, 0.5) is 16.2 Å². The van der Waals surface area contributed by atoms with E-state index in [0.29, 0.717) is 13.1 Å². The monoisotopic (exact) mass is 277 g/mol. The molecule has 0 spiro atoms. The molecule has 0 saturated carbocycles. The van der Waals surface area contributed by atoms with E-state index in [1.807, 2.05) is 38.1 Å². The Bertz CT molecular complexity index is 488. The van der Waals surface area contributed by atoms with Crippen molar-refractivity contribution in [1.82, 2.24) is 4.90 Å². The maximum absolute atomic E-state index is 12.2. The average molecular weight is 277 g/mol. The number of urea groups is 1. The molecule has 1 fully saturated rings. The zero-order valence-electron chi connectivity index (χ0n) is 12.4. The molecule has 1 saturated heterocycles. The smallest absolute Gasteiger partial charge is 0.321 e. The summed E-state index contributed by atoms with van der Waals surface area (Å²) in [4.78, 5) is 16.0. The molecule has 110 valence electrons. The lowest BCUT2D eigenvalue weighted by Crippen LogP contribution is -2.33. The van der Waals surface area contributed by atoms with Crippen LogP contribution in [0.1, 0.15) is 12.0 Å². The molecule has 1 unspecified atom stereocenters. The molecule has 1 aromatic rings. The van der Waals surface area contributed by atoms with Gasteiger partial charge in [-0.15, -0.1) is 0 Å². The van der Waals surface area contributed by atoms with Crippen LogP contribution in [0, 0.1) is 12.8 Å². The van der Waals surface area contributed by atoms with Gasteiger partial charge in [0, 0.05) is 51.1 Å². The molecule has 2 N–H and O–H groups in total. The van der Waals surface area contributed by atoms with Crippen LogP contribution in [0.3, 0.4) is 0 Å². The quantitative estimate of drug-likeness (QED) is 0.887. The van der Waals surface area contributed by atoms with Gasteiger partial charge in [-0.1, -0.05) is 0 Å². The molecular formula is C15H23N3O2. The van der Waals surface area contributed by atoms with Crippen LogP contribution in [0.5, 0.6) is 0 Å². The van der Waals surface area contributed by atoms with E-state index >= 15 is 0 Å². The Morgan fingerprint density at radius 1 is 1.50 bits per heavy atom. The SMILES string of the molecule is Cc1cc(N(C)C)ccc1NC(=O)N1CCC(CO)C1. The predicted molar refractivity (Wildman–Crippen MR) is 81.3 cm³/mol. The van der Waals surface area contributed by atoms with Gasteiger partial charge >= 0.3 is 6.03 Å². The number of hydrogen-bond acceptors (Lipinski definition) is 3. The van der Waals surface area contributed by atoms with Crippen LogP contribution >= 0.6 is 0 Å². The lowest BCUT2D eigenvalue weighted by Gasteiger charge is -2.19. The van der Waals surface area contributed by atoms with Crippen molar-refractivity contribution in [3.63, 3.8) is 0 Å². The summed E-state index contributed by atoms with van der Waals surface area (Å²) in [5, 5.41) is 12.1. The van der Waals surface area contributed by atoms with Gasteiger partial charge in [0.1, 0.15) is 0 Å². The summed E-state index contributed by atoms with van der Waals surface area (Å²) < 4.78 is 0. The molecular weight excluding hydrogens is 254 g/mol. The van der Waals surface area contributed by atoms with Crippen LogP contribution in [0.15, 0.2) is 18.2 Å². The Morgan fingerprint density at radius 3 is 2.80 bits per heavy atom. The van der Waals surface area contributed by atoms with Crippen LogP contribution in [-0.4, -0.2) is 49.8 Å². The minimum Gasteiger partial charge on any atom is -0.396 e. The number of hydrogen-bond donors (Lipinski definition) is 2. The third kappa shape index (κ3) is 3.22. The molecule has 1 aromatic carbocycles. The van der Waals surface area contributed by atoms with Gasteiger partial charge in [-0.05, 0) is 37.1 Å². The van der Waals surface area contributed by atoms with Crippen molar-refractivity contribution in [2.24, 2.45) is 5.92 Å². The highest BCUT2D eigenvalue weighted by atomic mass is 16.3. The normalized spacial score (nSPS) is 18.2. The van der Waals surface area contributed by atoms with E-state index in [0.717, 1.165) is 23.4 Å². The Hall–Kier alpha value is -1.75. The van der Waals surface area contributed by atoms with Gasteiger partial charge in [-0.2, -0.15) is 0 Å². The summed E-state index contributed by atoms with van der Waals surface area (Å²) in [5.41, 5.74) is 3.00. The number of benzene rings is 1. The van der Waals surface area contributed by atoms with Crippen molar-refractivity contribution in [3.8, 4) is 0 Å². The minimum absolute atomic E-state index is 0.0818. The minimum atomic E-state index is -0.0818. The number of aliphatic hydroxyl groups is 1. The zero-order chi connectivity index (χ0) is 14.7. The number of aryl methyl sites for hydroxylation is 1. The third-order valence-corrected chi connectivity index (χ3v) is 3.80. The van der Waals surface area contributed by atoms with Crippen molar-refractivity contribution >= 4 is 17.4 Å². The van der Waals surface area contributed by atoms with E-state index in [1.54, 1.807) is 4.90 Å².